The first kappa shape index (κ1) is 8.76. The van der Waals surface area contributed by atoms with Crippen molar-refractivity contribution in [3.63, 3.8) is 0 Å². The topological polar surface area (TPSA) is 17.1 Å². The van der Waals surface area contributed by atoms with Crippen molar-refractivity contribution in [2.24, 2.45) is 17.8 Å². The lowest BCUT2D eigenvalue weighted by Crippen LogP contribution is -2.28. The maximum absolute atomic E-state index is 11.2. The average Bonchev–Trinajstić information content (AvgIpc) is 1.94. The highest BCUT2D eigenvalue weighted by molar-refractivity contribution is 5.78. The normalized spacial score (nSPS) is 38.6. The molecule has 0 N–H and O–H groups in total. The van der Waals surface area contributed by atoms with Gasteiger partial charge in [-0.3, -0.25) is 4.79 Å². The van der Waals surface area contributed by atoms with Crippen molar-refractivity contribution in [1.82, 2.24) is 0 Å². The molecule has 0 aliphatic heterocycles. The van der Waals surface area contributed by atoms with E-state index >= 15 is 0 Å². The molecule has 1 aliphatic rings. The van der Waals surface area contributed by atoms with E-state index in [1.54, 1.807) is 6.92 Å². The van der Waals surface area contributed by atoms with Crippen LogP contribution >= 0.6 is 0 Å². The number of hydrogen-bond acceptors (Lipinski definition) is 1. The van der Waals surface area contributed by atoms with Gasteiger partial charge in [0.05, 0.1) is 0 Å². The summed E-state index contributed by atoms with van der Waals surface area (Å²) in [6, 6.07) is 0. The zero-order valence-corrected chi connectivity index (χ0v) is 7.76. The lowest BCUT2D eigenvalue weighted by atomic mass is 9.72. The third-order valence-corrected chi connectivity index (χ3v) is 3.23. The highest BCUT2D eigenvalue weighted by atomic mass is 16.1. The summed E-state index contributed by atoms with van der Waals surface area (Å²) in [7, 11) is 0. The Balaban J connectivity index is 2.58. The molecule has 1 aliphatic carbocycles. The van der Waals surface area contributed by atoms with Crippen molar-refractivity contribution in [1.29, 1.82) is 0 Å². The van der Waals surface area contributed by atoms with Crippen molar-refractivity contribution < 1.29 is 4.79 Å². The van der Waals surface area contributed by atoms with Gasteiger partial charge in [-0.05, 0) is 25.2 Å². The molecular formula is C10H18O. The fraction of sp³-hybridized carbons (Fsp3) is 0.900. The van der Waals surface area contributed by atoms with E-state index < -0.39 is 0 Å². The smallest absolute Gasteiger partial charge is 0.133 e. The second kappa shape index (κ2) is 3.38. The summed E-state index contributed by atoms with van der Waals surface area (Å²) >= 11 is 0. The summed E-state index contributed by atoms with van der Waals surface area (Å²) in [5, 5.41) is 0. The van der Waals surface area contributed by atoms with Crippen molar-refractivity contribution in [3.05, 3.63) is 0 Å². The van der Waals surface area contributed by atoms with E-state index in [0.717, 1.165) is 12.3 Å². The van der Waals surface area contributed by atoms with E-state index in [2.05, 4.69) is 13.8 Å². The molecule has 1 rings (SSSR count). The average molecular weight is 154 g/mol. The highest BCUT2D eigenvalue weighted by Crippen LogP contribution is 2.34. The number of rotatable bonds is 1. The summed E-state index contributed by atoms with van der Waals surface area (Å²) in [5.74, 6) is 2.11. The summed E-state index contributed by atoms with van der Waals surface area (Å²) in [6.45, 7) is 6.22. The molecule has 3 atom stereocenters. The Hall–Kier alpha value is -0.330. The maximum atomic E-state index is 11.2. The van der Waals surface area contributed by atoms with Gasteiger partial charge in [0.15, 0.2) is 0 Å². The summed E-state index contributed by atoms with van der Waals surface area (Å²) in [5.41, 5.74) is 0. The number of carbonyl (C=O) groups excluding carboxylic acids is 1. The maximum Gasteiger partial charge on any atom is 0.133 e. The van der Waals surface area contributed by atoms with Crippen molar-refractivity contribution in [3.8, 4) is 0 Å². The molecule has 11 heavy (non-hydrogen) atoms. The van der Waals surface area contributed by atoms with Gasteiger partial charge in [-0.15, -0.1) is 0 Å². The lowest BCUT2D eigenvalue weighted by molar-refractivity contribution is -0.123. The van der Waals surface area contributed by atoms with Crippen LogP contribution in [0, 0.1) is 17.8 Å². The van der Waals surface area contributed by atoms with Crippen LogP contribution in [0.15, 0.2) is 0 Å². The zero-order valence-electron chi connectivity index (χ0n) is 7.76. The van der Waals surface area contributed by atoms with Gasteiger partial charge in [-0.1, -0.05) is 26.7 Å². The zero-order chi connectivity index (χ0) is 8.43. The van der Waals surface area contributed by atoms with E-state index in [1.165, 1.54) is 12.8 Å². The molecule has 1 heteroatoms. The minimum Gasteiger partial charge on any atom is -0.300 e. The van der Waals surface area contributed by atoms with E-state index in [1.807, 2.05) is 0 Å². The fourth-order valence-corrected chi connectivity index (χ4v) is 2.16. The number of carbonyl (C=O) groups is 1. The first-order chi connectivity index (χ1) is 5.13. The first-order valence-corrected chi connectivity index (χ1v) is 4.63. The molecule has 0 aromatic rings. The monoisotopic (exact) mass is 154 g/mol. The fourth-order valence-electron chi connectivity index (χ4n) is 2.16. The molecule has 0 spiro atoms. The largest absolute Gasteiger partial charge is 0.300 e. The van der Waals surface area contributed by atoms with Crippen LogP contribution in [-0.2, 0) is 4.79 Å². The molecule has 3 unspecified atom stereocenters. The highest BCUT2D eigenvalue weighted by Gasteiger charge is 2.29. The van der Waals surface area contributed by atoms with Crippen LogP contribution in [0.3, 0.4) is 0 Å². The molecule has 1 nitrogen and oxygen atoms in total. The van der Waals surface area contributed by atoms with Gasteiger partial charge in [0.25, 0.3) is 0 Å². The Bertz CT molecular complexity index is 151. The van der Waals surface area contributed by atoms with E-state index in [0.29, 0.717) is 17.6 Å². The molecule has 1 fully saturated rings. The van der Waals surface area contributed by atoms with Crippen molar-refractivity contribution in [2.75, 3.05) is 0 Å². The van der Waals surface area contributed by atoms with Gasteiger partial charge < -0.3 is 0 Å². The molecular weight excluding hydrogens is 136 g/mol. The van der Waals surface area contributed by atoms with Crippen LogP contribution in [0.1, 0.15) is 40.0 Å². The predicted octanol–water partition coefficient (Wildman–Crippen LogP) is 2.65. The Kier molecular flexibility index (Phi) is 2.69. The Morgan fingerprint density at radius 3 is 2.36 bits per heavy atom. The lowest BCUT2D eigenvalue weighted by Gasteiger charge is -2.32. The second-order valence-corrected chi connectivity index (χ2v) is 3.98. The Morgan fingerprint density at radius 2 is 1.91 bits per heavy atom. The predicted molar refractivity (Wildman–Crippen MR) is 46.4 cm³/mol. The van der Waals surface area contributed by atoms with Crippen LogP contribution < -0.4 is 0 Å². The SMILES string of the molecule is CC(=O)C1CCCC(C)C1C. The van der Waals surface area contributed by atoms with Gasteiger partial charge in [0.2, 0.25) is 0 Å². The first-order valence-electron chi connectivity index (χ1n) is 4.63. The summed E-state index contributed by atoms with van der Waals surface area (Å²) < 4.78 is 0. The standard InChI is InChI=1S/C10H18O/c1-7-5-4-6-10(8(7)2)9(3)11/h7-8,10H,4-6H2,1-3H3. The van der Waals surface area contributed by atoms with Crippen molar-refractivity contribution in [2.45, 2.75) is 40.0 Å². The van der Waals surface area contributed by atoms with Gasteiger partial charge in [-0.2, -0.15) is 0 Å². The third kappa shape index (κ3) is 1.82. The Labute approximate surface area is 69.2 Å². The van der Waals surface area contributed by atoms with Gasteiger partial charge in [0, 0.05) is 5.92 Å². The molecule has 0 bridgehead atoms. The number of ketones is 1. The van der Waals surface area contributed by atoms with Crippen LogP contribution in [0.5, 0.6) is 0 Å². The summed E-state index contributed by atoms with van der Waals surface area (Å²) in [6.07, 6.45) is 3.68. The van der Waals surface area contributed by atoms with E-state index in [9.17, 15) is 4.79 Å². The number of hydrogen-bond donors (Lipinski definition) is 0. The van der Waals surface area contributed by atoms with Gasteiger partial charge in [0.1, 0.15) is 5.78 Å². The third-order valence-electron chi connectivity index (χ3n) is 3.23. The molecule has 1 saturated carbocycles. The van der Waals surface area contributed by atoms with Crippen LogP contribution in [-0.4, -0.2) is 5.78 Å². The molecule has 0 aromatic carbocycles. The Morgan fingerprint density at radius 1 is 1.27 bits per heavy atom. The van der Waals surface area contributed by atoms with Crippen LogP contribution in [0.25, 0.3) is 0 Å². The van der Waals surface area contributed by atoms with Crippen LogP contribution in [0.4, 0.5) is 0 Å². The molecule has 0 saturated heterocycles. The quantitative estimate of drug-likeness (QED) is 0.567. The molecule has 0 aromatic heterocycles. The van der Waals surface area contributed by atoms with Crippen LogP contribution in [0.2, 0.25) is 0 Å². The molecule has 0 amide bonds. The number of Topliss-reactive ketones (excluding diaryl/α,β-unsaturated/α-hetero) is 1. The van der Waals surface area contributed by atoms with E-state index in [4.69, 9.17) is 0 Å². The molecule has 64 valence electrons. The van der Waals surface area contributed by atoms with Gasteiger partial charge >= 0.3 is 0 Å². The van der Waals surface area contributed by atoms with Crippen molar-refractivity contribution >= 4 is 5.78 Å². The van der Waals surface area contributed by atoms with Gasteiger partial charge in [-0.25, -0.2) is 0 Å². The summed E-state index contributed by atoms with van der Waals surface area (Å²) in [4.78, 5) is 11.2. The molecule has 0 radical (unpaired) electrons. The molecule has 0 heterocycles. The minimum absolute atomic E-state index is 0.360. The minimum atomic E-state index is 0.360. The van der Waals surface area contributed by atoms with E-state index in [-0.39, 0.29) is 0 Å². The second-order valence-electron chi connectivity index (χ2n) is 3.98.